The van der Waals surface area contributed by atoms with E-state index in [9.17, 15) is 4.79 Å². The minimum atomic E-state index is 0.0537. The molecule has 92 valence electrons. The van der Waals surface area contributed by atoms with Gasteiger partial charge in [0, 0.05) is 29.7 Å². The average molecular weight is 253 g/mol. The highest BCUT2D eigenvalue weighted by Crippen LogP contribution is 2.24. The quantitative estimate of drug-likeness (QED) is 0.877. The molecule has 1 aliphatic rings. The van der Waals surface area contributed by atoms with Crippen LogP contribution in [-0.4, -0.2) is 29.9 Å². The van der Waals surface area contributed by atoms with Crippen LogP contribution in [0.15, 0.2) is 18.2 Å². The van der Waals surface area contributed by atoms with Crippen molar-refractivity contribution in [3.8, 4) is 0 Å². The molecule has 1 saturated heterocycles. The zero-order valence-electron chi connectivity index (χ0n) is 9.95. The molecule has 0 saturated carbocycles. The van der Waals surface area contributed by atoms with E-state index < -0.39 is 0 Å². The van der Waals surface area contributed by atoms with Gasteiger partial charge in [-0.25, -0.2) is 0 Å². The van der Waals surface area contributed by atoms with Gasteiger partial charge in [-0.1, -0.05) is 17.7 Å². The zero-order chi connectivity index (χ0) is 12.4. The standard InChI is InChI=1S/C13H17ClN2O/c1-9-11(5-2-6-12(9)14)13(17)16-7-3-4-10(16)8-15/h2,5-6,10H,3-4,7-8,15H2,1H3. The molecule has 1 fully saturated rings. The minimum absolute atomic E-state index is 0.0537. The van der Waals surface area contributed by atoms with Crippen LogP contribution < -0.4 is 5.73 Å². The largest absolute Gasteiger partial charge is 0.334 e. The van der Waals surface area contributed by atoms with E-state index in [0.29, 0.717) is 17.1 Å². The van der Waals surface area contributed by atoms with Gasteiger partial charge in [0.15, 0.2) is 0 Å². The Morgan fingerprint density at radius 3 is 3.06 bits per heavy atom. The second-order valence-electron chi connectivity index (χ2n) is 4.44. The zero-order valence-corrected chi connectivity index (χ0v) is 10.7. The van der Waals surface area contributed by atoms with Crippen molar-refractivity contribution in [3.05, 3.63) is 34.3 Å². The van der Waals surface area contributed by atoms with Crippen molar-refractivity contribution in [1.82, 2.24) is 4.90 Å². The van der Waals surface area contributed by atoms with E-state index >= 15 is 0 Å². The third-order valence-corrected chi connectivity index (χ3v) is 3.82. The highest BCUT2D eigenvalue weighted by Gasteiger charge is 2.29. The van der Waals surface area contributed by atoms with E-state index in [2.05, 4.69) is 0 Å². The first-order valence-electron chi connectivity index (χ1n) is 5.91. The van der Waals surface area contributed by atoms with Crippen LogP contribution in [0.5, 0.6) is 0 Å². The van der Waals surface area contributed by atoms with Crippen molar-refractivity contribution in [2.45, 2.75) is 25.8 Å². The van der Waals surface area contributed by atoms with Gasteiger partial charge in [-0.15, -0.1) is 0 Å². The lowest BCUT2D eigenvalue weighted by Gasteiger charge is -2.24. The summed E-state index contributed by atoms with van der Waals surface area (Å²) in [6, 6.07) is 5.63. The van der Waals surface area contributed by atoms with Gasteiger partial charge in [0.25, 0.3) is 5.91 Å². The van der Waals surface area contributed by atoms with Crippen molar-refractivity contribution in [2.75, 3.05) is 13.1 Å². The maximum Gasteiger partial charge on any atom is 0.254 e. The first-order valence-corrected chi connectivity index (χ1v) is 6.29. The van der Waals surface area contributed by atoms with Crippen molar-refractivity contribution >= 4 is 17.5 Å². The summed E-state index contributed by atoms with van der Waals surface area (Å²) in [6.07, 6.45) is 2.04. The third-order valence-electron chi connectivity index (χ3n) is 3.41. The Bertz CT molecular complexity index is 433. The average Bonchev–Trinajstić information content (AvgIpc) is 2.80. The molecule has 1 unspecified atom stereocenters. The third kappa shape index (κ3) is 2.31. The second-order valence-corrected chi connectivity index (χ2v) is 4.85. The molecule has 17 heavy (non-hydrogen) atoms. The Kier molecular flexibility index (Phi) is 3.69. The fourth-order valence-electron chi connectivity index (χ4n) is 2.34. The van der Waals surface area contributed by atoms with Crippen LogP contribution in [0.25, 0.3) is 0 Å². The van der Waals surface area contributed by atoms with Gasteiger partial charge in [-0.05, 0) is 37.5 Å². The molecule has 2 N–H and O–H groups in total. The molecule has 4 heteroatoms. The molecule has 0 aromatic heterocycles. The molecule has 1 aromatic rings. The van der Waals surface area contributed by atoms with E-state index in [1.807, 2.05) is 24.0 Å². The van der Waals surface area contributed by atoms with Gasteiger partial charge < -0.3 is 10.6 Å². The fourth-order valence-corrected chi connectivity index (χ4v) is 2.52. The molecule has 3 nitrogen and oxygen atoms in total. The smallest absolute Gasteiger partial charge is 0.254 e. The van der Waals surface area contributed by atoms with E-state index in [4.69, 9.17) is 17.3 Å². The van der Waals surface area contributed by atoms with Gasteiger partial charge in [0.2, 0.25) is 0 Å². The molecule has 1 aliphatic heterocycles. The number of nitrogens with zero attached hydrogens (tertiary/aromatic N) is 1. The second kappa shape index (κ2) is 5.07. The highest BCUT2D eigenvalue weighted by molar-refractivity contribution is 6.31. The summed E-state index contributed by atoms with van der Waals surface area (Å²) >= 11 is 6.04. The predicted octanol–water partition coefficient (Wildman–Crippen LogP) is 2.21. The van der Waals surface area contributed by atoms with E-state index in [0.717, 1.165) is 24.9 Å². The summed E-state index contributed by atoms with van der Waals surface area (Å²) in [6.45, 7) is 3.21. The maximum absolute atomic E-state index is 12.4. The number of nitrogens with two attached hydrogens (primary N) is 1. The van der Waals surface area contributed by atoms with E-state index in [-0.39, 0.29) is 11.9 Å². The molecular weight excluding hydrogens is 236 g/mol. The summed E-state index contributed by atoms with van der Waals surface area (Å²) in [7, 11) is 0. The molecule has 0 radical (unpaired) electrons. The summed E-state index contributed by atoms with van der Waals surface area (Å²) in [5.41, 5.74) is 7.23. The summed E-state index contributed by atoms with van der Waals surface area (Å²) in [5, 5.41) is 0.638. The lowest BCUT2D eigenvalue weighted by molar-refractivity contribution is 0.0740. The molecule has 2 rings (SSSR count). The van der Waals surface area contributed by atoms with Crippen LogP contribution in [0, 0.1) is 6.92 Å². The first kappa shape index (κ1) is 12.4. The molecular formula is C13H17ClN2O. The topological polar surface area (TPSA) is 46.3 Å². The van der Waals surface area contributed by atoms with Crippen LogP contribution >= 0.6 is 11.6 Å². The van der Waals surface area contributed by atoms with Gasteiger partial charge in [-0.2, -0.15) is 0 Å². The number of rotatable bonds is 2. The van der Waals surface area contributed by atoms with E-state index in [1.54, 1.807) is 6.07 Å². The Morgan fingerprint density at radius 2 is 2.35 bits per heavy atom. The van der Waals surface area contributed by atoms with Crippen LogP contribution in [0.3, 0.4) is 0 Å². The molecule has 0 spiro atoms. The Balaban J connectivity index is 2.28. The van der Waals surface area contributed by atoms with E-state index in [1.165, 1.54) is 0 Å². The van der Waals surface area contributed by atoms with Crippen LogP contribution in [0.4, 0.5) is 0 Å². The SMILES string of the molecule is Cc1c(Cl)cccc1C(=O)N1CCCC1CN. The molecule has 1 atom stereocenters. The van der Waals surface area contributed by atoms with Gasteiger partial charge >= 0.3 is 0 Å². The van der Waals surface area contributed by atoms with Gasteiger partial charge in [-0.3, -0.25) is 4.79 Å². The number of amides is 1. The molecule has 1 amide bonds. The lowest BCUT2D eigenvalue weighted by Crippen LogP contribution is -2.40. The Labute approximate surface area is 107 Å². The van der Waals surface area contributed by atoms with Crippen molar-refractivity contribution in [3.63, 3.8) is 0 Å². The highest BCUT2D eigenvalue weighted by atomic mass is 35.5. The van der Waals surface area contributed by atoms with Crippen molar-refractivity contribution in [1.29, 1.82) is 0 Å². The number of carbonyl (C=O) groups excluding carboxylic acids is 1. The van der Waals surface area contributed by atoms with Crippen LogP contribution in [0.2, 0.25) is 5.02 Å². The van der Waals surface area contributed by atoms with Gasteiger partial charge in [0.05, 0.1) is 0 Å². The van der Waals surface area contributed by atoms with Gasteiger partial charge in [0.1, 0.15) is 0 Å². The Morgan fingerprint density at radius 1 is 1.59 bits per heavy atom. The summed E-state index contributed by atoms with van der Waals surface area (Å²) < 4.78 is 0. The minimum Gasteiger partial charge on any atom is -0.334 e. The monoisotopic (exact) mass is 252 g/mol. The predicted molar refractivity (Wildman–Crippen MR) is 69.3 cm³/mol. The first-order chi connectivity index (χ1) is 8.15. The molecule has 0 aliphatic carbocycles. The number of halogens is 1. The van der Waals surface area contributed by atoms with Crippen molar-refractivity contribution in [2.24, 2.45) is 5.73 Å². The molecule has 1 aromatic carbocycles. The molecule has 0 bridgehead atoms. The van der Waals surface area contributed by atoms with Crippen LogP contribution in [0.1, 0.15) is 28.8 Å². The molecule has 1 heterocycles. The van der Waals surface area contributed by atoms with Crippen molar-refractivity contribution < 1.29 is 4.79 Å². The number of carbonyl (C=O) groups is 1. The Hall–Kier alpha value is -1.06. The normalized spacial score (nSPS) is 19.7. The number of likely N-dealkylation sites (tertiary alicyclic amines) is 1. The number of hydrogen-bond acceptors (Lipinski definition) is 2. The number of benzene rings is 1. The summed E-state index contributed by atoms with van der Waals surface area (Å²) in [4.78, 5) is 14.3. The summed E-state index contributed by atoms with van der Waals surface area (Å²) in [5.74, 6) is 0.0537. The maximum atomic E-state index is 12.4. The van der Waals surface area contributed by atoms with Crippen LogP contribution in [-0.2, 0) is 0 Å². The lowest BCUT2D eigenvalue weighted by atomic mass is 10.1. The number of hydrogen-bond donors (Lipinski definition) is 1. The fraction of sp³-hybridized carbons (Fsp3) is 0.462.